The molecule has 1 amide bonds. The molecule has 0 radical (unpaired) electrons. The first-order valence-corrected chi connectivity index (χ1v) is 9.00. The number of ether oxygens (including phenoxy) is 1. The smallest absolute Gasteiger partial charge is 0.259 e. The van der Waals surface area contributed by atoms with Gasteiger partial charge in [0.2, 0.25) is 0 Å². The number of likely N-dealkylation sites (N-methyl/N-ethyl adjacent to an activating group) is 1. The van der Waals surface area contributed by atoms with Crippen LogP contribution in [0.2, 0.25) is 5.02 Å². The fourth-order valence-electron chi connectivity index (χ4n) is 2.65. The van der Waals surface area contributed by atoms with Crippen LogP contribution in [0.3, 0.4) is 0 Å². The lowest BCUT2D eigenvalue weighted by Gasteiger charge is -2.14. The van der Waals surface area contributed by atoms with Crippen LogP contribution in [-0.4, -0.2) is 36.5 Å². The highest BCUT2D eigenvalue weighted by Gasteiger charge is 2.10. The van der Waals surface area contributed by atoms with Gasteiger partial charge in [0.05, 0.1) is 16.8 Å². The highest BCUT2D eigenvalue weighted by Crippen LogP contribution is 2.28. The Bertz CT molecular complexity index is 1060. The van der Waals surface area contributed by atoms with E-state index in [9.17, 15) is 10.1 Å². The minimum Gasteiger partial charge on any atom is -0.484 e. The summed E-state index contributed by atoms with van der Waals surface area (Å²) in [6.07, 6.45) is 1.55. The van der Waals surface area contributed by atoms with Crippen LogP contribution in [0.25, 0.3) is 10.9 Å². The second-order valence-electron chi connectivity index (χ2n) is 6.40. The first-order chi connectivity index (χ1) is 13.5. The van der Waals surface area contributed by atoms with Gasteiger partial charge in [0.25, 0.3) is 5.91 Å². The van der Waals surface area contributed by atoms with E-state index in [0.717, 1.165) is 16.5 Å². The fourth-order valence-corrected chi connectivity index (χ4v) is 2.82. The topological polar surface area (TPSA) is 78.2 Å². The zero-order chi connectivity index (χ0) is 20.1. The largest absolute Gasteiger partial charge is 0.484 e. The number of anilines is 1. The van der Waals surface area contributed by atoms with E-state index in [0.29, 0.717) is 28.6 Å². The molecule has 1 heterocycles. The molecule has 0 fully saturated rings. The van der Waals surface area contributed by atoms with Crippen molar-refractivity contribution in [2.24, 2.45) is 0 Å². The Labute approximate surface area is 168 Å². The highest BCUT2D eigenvalue weighted by molar-refractivity contribution is 6.31. The van der Waals surface area contributed by atoms with Gasteiger partial charge in [-0.25, -0.2) is 0 Å². The van der Waals surface area contributed by atoms with Crippen LogP contribution < -0.4 is 10.1 Å². The van der Waals surface area contributed by atoms with E-state index in [1.807, 2.05) is 24.3 Å². The summed E-state index contributed by atoms with van der Waals surface area (Å²) in [5.74, 6) is 0.500. The lowest BCUT2D eigenvalue weighted by Crippen LogP contribution is -2.27. The van der Waals surface area contributed by atoms with Crippen molar-refractivity contribution in [3.05, 3.63) is 64.8 Å². The van der Waals surface area contributed by atoms with Crippen molar-refractivity contribution in [2.45, 2.75) is 6.54 Å². The quantitative estimate of drug-likeness (QED) is 0.687. The van der Waals surface area contributed by atoms with E-state index in [1.165, 1.54) is 4.90 Å². The van der Waals surface area contributed by atoms with Crippen LogP contribution in [0.15, 0.2) is 48.7 Å². The van der Waals surface area contributed by atoms with E-state index >= 15 is 0 Å². The first kappa shape index (κ1) is 19.5. The molecular weight excluding hydrogens is 376 g/mol. The Morgan fingerprint density at radius 1 is 1.29 bits per heavy atom. The third kappa shape index (κ3) is 4.51. The van der Waals surface area contributed by atoms with Gasteiger partial charge in [0.1, 0.15) is 11.8 Å². The summed E-state index contributed by atoms with van der Waals surface area (Å²) in [6.45, 7) is 0.453. The number of rotatable bonds is 6. The number of amides is 1. The lowest BCUT2D eigenvalue weighted by atomic mass is 10.1. The van der Waals surface area contributed by atoms with Gasteiger partial charge in [-0.2, -0.15) is 5.26 Å². The molecule has 0 saturated heterocycles. The molecular formula is C21H19ClN4O2. The second kappa shape index (κ2) is 8.59. The van der Waals surface area contributed by atoms with Gasteiger partial charge >= 0.3 is 0 Å². The molecule has 0 bridgehead atoms. The van der Waals surface area contributed by atoms with Crippen molar-refractivity contribution in [2.75, 3.05) is 26.0 Å². The molecule has 7 heteroatoms. The predicted octanol–water partition coefficient (Wildman–Crippen LogP) is 3.84. The summed E-state index contributed by atoms with van der Waals surface area (Å²) in [7, 11) is 3.37. The van der Waals surface area contributed by atoms with E-state index < -0.39 is 0 Å². The fraction of sp³-hybridized carbons (Fsp3) is 0.190. The first-order valence-electron chi connectivity index (χ1n) is 8.62. The Morgan fingerprint density at radius 2 is 2.11 bits per heavy atom. The van der Waals surface area contributed by atoms with E-state index in [2.05, 4.69) is 16.4 Å². The van der Waals surface area contributed by atoms with Crippen molar-refractivity contribution in [3.63, 3.8) is 0 Å². The summed E-state index contributed by atoms with van der Waals surface area (Å²) in [5.41, 5.74) is 2.83. The van der Waals surface area contributed by atoms with Crippen LogP contribution in [-0.2, 0) is 11.3 Å². The third-order valence-corrected chi connectivity index (χ3v) is 4.41. The van der Waals surface area contributed by atoms with Gasteiger partial charge in [-0.3, -0.25) is 9.78 Å². The highest BCUT2D eigenvalue weighted by atomic mass is 35.5. The van der Waals surface area contributed by atoms with Gasteiger partial charge in [0, 0.05) is 37.2 Å². The molecule has 2 aromatic carbocycles. The Morgan fingerprint density at radius 3 is 2.86 bits per heavy atom. The number of aromatic nitrogens is 1. The number of nitrogens with one attached hydrogen (secondary N) is 1. The molecule has 0 aliphatic carbocycles. The summed E-state index contributed by atoms with van der Waals surface area (Å²) >= 11 is 6.12. The molecule has 0 aliphatic rings. The summed E-state index contributed by atoms with van der Waals surface area (Å²) < 4.78 is 5.55. The SMILES string of the molecule is CN(C)C(=O)COc1cccc(CNc2c(C#N)cnc3ccc(Cl)cc23)c1. The molecule has 142 valence electrons. The monoisotopic (exact) mass is 394 g/mol. The maximum atomic E-state index is 11.7. The molecule has 1 aromatic heterocycles. The third-order valence-electron chi connectivity index (χ3n) is 4.18. The van der Waals surface area contributed by atoms with Gasteiger partial charge in [-0.05, 0) is 35.9 Å². The number of halogens is 1. The number of nitrogens with zero attached hydrogens (tertiary/aromatic N) is 3. The normalized spacial score (nSPS) is 10.4. The Kier molecular flexibility index (Phi) is 5.97. The number of benzene rings is 2. The van der Waals surface area contributed by atoms with Crippen molar-refractivity contribution >= 4 is 34.1 Å². The number of carbonyl (C=O) groups is 1. The predicted molar refractivity (Wildman–Crippen MR) is 109 cm³/mol. The van der Waals surface area contributed by atoms with E-state index in [4.69, 9.17) is 16.3 Å². The number of pyridine rings is 1. The van der Waals surface area contributed by atoms with Crippen LogP contribution in [0, 0.1) is 11.3 Å². The van der Waals surface area contributed by atoms with Gasteiger partial charge in [-0.15, -0.1) is 0 Å². The molecule has 0 atom stereocenters. The van der Waals surface area contributed by atoms with Gasteiger partial charge in [0.15, 0.2) is 6.61 Å². The average molecular weight is 395 g/mol. The molecule has 6 nitrogen and oxygen atoms in total. The molecule has 1 N–H and O–H groups in total. The molecule has 0 saturated carbocycles. The number of fused-ring (bicyclic) bond motifs is 1. The van der Waals surface area contributed by atoms with Crippen molar-refractivity contribution in [3.8, 4) is 11.8 Å². The molecule has 0 aliphatic heterocycles. The van der Waals surface area contributed by atoms with Crippen LogP contribution in [0.4, 0.5) is 5.69 Å². The maximum Gasteiger partial charge on any atom is 0.259 e. The van der Waals surface area contributed by atoms with Crippen LogP contribution in [0.5, 0.6) is 5.75 Å². The zero-order valence-electron chi connectivity index (χ0n) is 15.6. The Hall–Kier alpha value is -3.30. The Balaban J connectivity index is 1.79. The number of hydrogen-bond donors (Lipinski definition) is 1. The van der Waals surface area contributed by atoms with E-state index in [-0.39, 0.29) is 12.5 Å². The van der Waals surface area contributed by atoms with E-state index in [1.54, 1.807) is 38.5 Å². The second-order valence-corrected chi connectivity index (χ2v) is 6.83. The number of hydrogen-bond acceptors (Lipinski definition) is 5. The van der Waals surface area contributed by atoms with Crippen molar-refractivity contribution in [1.82, 2.24) is 9.88 Å². The molecule has 0 unspecified atom stereocenters. The van der Waals surface area contributed by atoms with Gasteiger partial charge in [-0.1, -0.05) is 23.7 Å². The lowest BCUT2D eigenvalue weighted by molar-refractivity contribution is -0.130. The zero-order valence-corrected chi connectivity index (χ0v) is 16.3. The van der Waals surface area contributed by atoms with Crippen LogP contribution >= 0.6 is 11.6 Å². The average Bonchev–Trinajstić information content (AvgIpc) is 2.70. The molecule has 0 spiro atoms. The standard InChI is InChI=1S/C21H19ClN4O2/c1-26(2)20(27)13-28-17-5-3-4-14(8-17)11-25-21-15(10-23)12-24-19-7-6-16(22)9-18(19)21/h3-9,12H,11,13H2,1-2H3,(H,24,25). The van der Waals surface area contributed by atoms with Gasteiger partial charge < -0.3 is 15.0 Å². The van der Waals surface area contributed by atoms with Crippen LogP contribution in [0.1, 0.15) is 11.1 Å². The van der Waals surface area contributed by atoms with Crippen molar-refractivity contribution in [1.29, 1.82) is 5.26 Å². The summed E-state index contributed by atoms with van der Waals surface area (Å²) in [6, 6.07) is 15.0. The van der Waals surface area contributed by atoms with Crippen molar-refractivity contribution < 1.29 is 9.53 Å². The number of carbonyl (C=O) groups excluding carboxylic acids is 1. The minimum atomic E-state index is -0.109. The molecule has 3 rings (SSSR count). The molecule has 28 heavy (non-hydrogen) atoms. The maximum absolute atomic E-state index is 11.7. The molecule has 3 aromatic rings. The number of nitriles is 1. The summed E-state index contributed by atoms with van der Waals surface area (Å²) in [4.78, 5) is 17.5. The minimum absolute atomic E-state index is 0.0179. The summed E-state index contributed by atoms with van der Waals surface area (Å²) in [5, 5.41) is 14.1.